The van der Waals surface area contributed by atoms with E-state index >= 15 is 0 Å². The third-order valence-corrected chi connectivity index (χ3v) is 4.28. The molecule has 0 spiro atoms. The van der Waals surface area contributed by atoms with Crippen LogP contribution in [0.3, 0.4) is 0 Å². The number of ether oxygens (including phenoxy) is 2. The van der Waals surface area contributed by atoms with Gasteiger partial charge in [-0.1, -0.05) is 53.5 Å². The normalized spacial score (nSPS) is 10.6. The fourth-order valence-corrected chi connectivity index (χ4v) is 2.84. The maximum Gasteiger partial charge on any atom is 0.345 e. The van der Waals surface area contributed by atoms with Crippen LogP contribution < -0.4 is 14.9 Å². The van der Waals surface area contributed by atoms with Crippen molar-refractivity contribution in [2.75, 3.05) is 6.61 Å². The van der Waals surface area contributed by atoms with E-state index in [1.165, 1.54) is 18.3 Å². The summed E-state index contributed by atoms with van der Waals surface area (Å²) in [5, 5.41) is 4.50. The van der Waals surface area contributed by atoms with E-state index in [2.05, 4.69) is 10.5 Å². The molecule has 1 N–H and O–H groups in total. The van der Waals surface area contributed by atoms with Crippen LogP contribution in [0.4, 0.5) is 0 Å². The number of hydrogen-bond donors (Lipinski definition) is 1. The number of amides is 1. The molecule has 3 rings (SSSR count). The molecule has 0 saturated carbocycles. The molecule has 0 aliphatic heterocycles. The van der Waals surface area contributed by atoms with Gasteiger partial charge >= 0.3 is 5.97 Å². The van der Waals surface area contributed by atoms with E-state index < -0.39 is 11.9 Å². The van der Waals surface area contributed by atoms with Crippen molar-refractivity contribution in [1.29, 1.82) is 0 Å². The van der Waals surface area contributed by atoms with Crippen LogP contribution in [-0.4, -0.2) is 24.7 Å². The minimum absolute atomic E-state index is 0.166. The first-order valence-corrected chi connectivity index (χ1v) is 9.54. The van der Waals surface area contributed by atoms with Crippen molar-refractivity contribution in [3.8, 4) is 11.5 Å². The molecule has 0 heterocycles. The van der Waals surface area contributed by atoms with Crippen molar-refractivity contribution >= 4 is 41.3 Å². The lowest BCUT2D eigenvalue weighted by Gasteiger charge is -2.07. The molecule has 0 aliphatic carbocycles. The van der Waals surface area contributed by atoms with E-state index in [1.54, 1.807) is 42.5 Å². The van der Waals surface area contributed by atoms with Gasteiger partial charge in [-0.15, -0.1) is 0 Å². The van der Waals surface area contributed by atoms with Gasteiger partial charge in [0.2, 0.25) is 0 Å². The summed E-state index contributed by atoms with van der Waals surface area (Å²) in [6, 6.07) is 20.1. The molecule has 3 aromatic rings. The molecule has 0 atom stereocenters. The second kappa shape index (κ2) is 10.4. The average Bonchev–Trinajstić information content (AvgIpc) is 2.73. The van der Waals surface area contributed by atoms with Crippen molar-refractivity contribution in [3.63, 3.8) is 0 Å². The Hall–Kier alpha value is -3.35. The number of nitrogens with zero attached hydrogens (tertiary/aromatic N) is 1. The summed E-state index contributed by atoms with van der Waals surface area (Å²) in [5.41, 5.74) is 3.19. The monoisotopic (exact) mass is 442 g/mol. The minimum Gasteiger partial charge on any atom is -0.484 e. The first-order chi connectivity index (χ1) is 14.5. The van der Waals surface area contributed by atoms with E-state index in [0.29, 0.717) is 22.1 Å². The maximum absolute atomic E-state index is 12.3. The zero-order valence-electron chi connectivity index (χ0n) is 15.5. The molecule has 0 saturated heterocycles. The van der Waals surface area contributed by atoms with Gasteiger partial charge in [-0.3, -0.25) is 4.79 Å². The van der Waals surface area contributed by atoms with Gasteiger partial charge < -0.3 is 9.47 Å². The van der Waals surface area contributed by atoms with Gasteiger partial charge in [0.05, 0.1) is 16.8 Å². The molecule has 8 heteroatoms. The predicted molar refractivity (Wildman–Crippen MR) is 116 cm³/mol. The topological polar surface area (TPSA) is 77.0 Å². The first kappa shape index (κ1) is 21.4. The number of rotatable bonds is 7. The van der Waals surface area contributed by atoms with Gasteiger partial charge in [-0.05, 0) is 48.0 Å². The fourth-order valence-electron chi connectivity index (χ4n) is 2.35. The first-order valence-electron chi connectivity index (χ1n) is 8.78. The van der Waals surface area contributed by atoms with Crippen LogP contribution in [-0.2, 0) is 4.79 Å². The largest absolute Gasteiger partial charge is 0.484 e. The molecule has 0 radical (unpaired) electrons. The fraction of sp³-hybridized carbons (Fsp3) is 0.0455. The zero-order chi connectivity index (χ0) is 21.3. The molecule has 6 nitrogen and oxygen atoms in total. The highest BCUT2D eigenvalue weighted by Gasteiger charge is 2.13. The molecular weight excluding hydrogens is 427 g/mol. The summed E-state index contributed by atoms with van der Waals surface area (Å²) in [6.07, 6.45) is 1.42. The van der Waals surface area contributed by atoms with Gasteiger partial charge in [0.1, 0.15) is 11.5 Å². The number of esters is 1. The minimum atomic E-state index is -0.614. The van der Waals surface area contributed by atoms with E-state index in [1.807, 2.05) is 18.2 Å². The number of para-hydroxylation sites is 1. The van der Waals surface area contributed by atoms with Gasteiger partial charge in [-0.2, -0.15) is 5.10 Å². The lowest BCUT2D eigenvalue weighted by atomic mass is 10.2. The summed E-state index contributed by atoms with van der Waals surface area (Å²) < 4.78 is 10.7. The molecule has 0 unspecified atom stereocenters. The van der Waals surface area contributed by atoms with E-state index in [0.717, 1.165) is 0 Å². The van der Waals surface area contributed by atoms with Crippen molar-refractivity contribution in [2.45, 2.75) is 0 Å². The van der Waals surface area contributed by atoms with Gasteiger partial charge in [0.25, 0.3) is 5.91 Å². The van der Waals surface area contributed by atoms with Gasteiger partial charge in [-0.25, -0.2) is 10.2 Å². The van der Waals surface area contributed by atoms with Crippen molar-refractivity contribution < 1.29 is 19.1 Å². The second-order valence-corrected chi connectivity index (χ2v) is 6.82. The number of carbonyl (C=O) groups excluding carboxylic acids is 2. The lowest BCUT2D eigenvalue weighted by molar-refractivity contribution is -0.123. The number of carbonyl (C=O) groups is 2. The number of nitrogens with one attached hydrogen (secondary N) is 1. The molecule has 0 aromatic heterocycles. The summed E-state index contributed by atoms with van der Waals surface area (Å²) in [4.78, 5) is 24.1. The molecule has 0 aliphatic rings. The predicted octanol–water partition coefficient (Wildman–Crippen LogP) is 4.74. The third kappa shape index (κ3) is 6.34. The summed E-state index contributed by atoms with van der Waals surface area (Å²) >= 11 is 11.9. The Balaban J connectivity index is 1.54. The van der Waals surface area contributed by atoms with Crippen LogP contribution in [0.25, 0.3) is 0 Å². The maximum atomic E-state index is 12.3. The summed E-state index contributed by atoms with van der Waals surface area (Å²) in [5.74, 6) is -0.132. The van der Waals surface area contributed by atoms with Crippen LogP contribution in [0.2, 0.25) is 10.0 Å². The van der Waals surface area contributed by atoms with Crippen molar-refractivity contribution in [1.82, 2.24) is 5.43 Å². The second-order valence-electron chi connectivity index (χ2n) is 5.98. The molecular formula is C22H16Cl2N2O4. The highest BCUT2D eigenvalue weighted by molar-refractivity contribution is 6.36. The summed E-state index contributed by atoms with van der Waals surface area (Å²) in [7, 11) is 0. The van der Waals surface area contributed by atoms with E-state index in [9.17, 15) is 9.59 Å². The Bertz CT molecular complexity index is 1070. The standard InChI is InChI=1S/C22H16Cl2N2O4/c23-16-9-10-19(20(24)12-16)22(28)30-18-8-4-5-15(11-18)13-25-26-21(27)14-29-17-6-2-1-3-7-17/h1-13H,14H2,(H,26,27)/b25-13-. The van der Waals surface area contributed by atoms with Gasteiger partial charge in [0.15, 0.2) is 6.61 Å². The zero-order valence-corrected chi connectivity index (χ0v) is 17.1. The van der Waals surface area contributed by atoms with Crippen LogP contribution in [0.5, 0.6) is 11.5 Å². The molecule has 152 valence electrons. The van der Waals surface area contributed by atoms with Crippen LogP contribution >= 0.6 is 23.2 Å². The highest BCUT2D eigenvalue weighted by Crippen LogP contribution is 2.23. The average molecular weight is 443 g/mol. The van der Waals surface area contributed by atoms with Crippen molar-refractivity contribution in [2.24, 2.45) is 5.10 Å². The van der Waals surface area contributed by atoms with Crippen LogP contribution in [0, 0.1) is 0 Å². The van der Waals surface area contributed by atoms with Crippen molar-refractivity contribution in [3.05, 3.63) is 94.0 Å². The number of hydrogen-bond acceptors (Lipinski definition) is 5. The third-order valence-electron chi connectivity index (χ3n) is 3.74. The van der Waals surface area contributed by atoms with Crippen LogP contribution in [0.1, 0.15) is 15.9 Å². The number of benzene rings is 3. The lowest BCUT2D eigenvalue weighted by Crippen LogP contribution is -2.24. The van der Waals surface area contributed by atoms with E-state index in [-0.39, 0.29) is 17.2 Å². The Morgan fingerprint density at radius 1 is 0.933 bits per heavy atom. The quantitative estimate of drug-likeness (QED) is 0.248. The Labute approximate surface area is 183 Å². The Morgan fingerprint density at radius 2 is 1.70 bits per heavy atom. The molecule has 1 amide bonds. The number of halogens is 2. The highest BCUT2D eigenvalue weighted by atomic mass is 35.5. The molecule has 3 aromatic carbocycles. The Kier molecular flexibility index (Phi) is 7.43. The number of hydrazone groups is 1. The van der Waals surface area contributed by atoms with E-state index in [4.69, 9.17) is 32.7 Å². The van der Waals surface area contributed by atoms with Crippen LogP contribution in [0.15, 0.2) is 77.9 Å². The molecule has 0 fully saturated rings. The van der Waals surface area contributed by atoms with Gasteiger partial charge in [0, 0.05) is 5.02 Å². The smallest absolute Gasteiger partial charge is 0.345 e. The summed E-state index contributed by atoms with van der Waals surface area (Å²) in [6.45, 7) is -0.166. The molecule has 0 bridgehead atoms. The Morgan fingerprint density at radius 3 is 2.47 bits per heavy atom. The SMILES string of the molecule is O=C(COc1ccccc1)N/N=C\c1cccc(OC(=O)c2ccc(Cl)cc2Cl)c1. The molecule has 30 heavy (non-hydrogen) atoms.